The largest absolute Gasteiger partial charge is 0.394 e. The van der Waals surface area contributed by atoms with Crippen molar-refractivity contribution in [1.29, 1.82) is 0 Å². The van der Waals surface area contributed by atoms with E-state index in [-0.39, 0.29) is 30.4 Å². The van der Waals surface area contributed by atoms with E-state index in [1.807, 2.05) is 20.8 Å². The molecule has 0 rings (SSSR count). The zero-order valence-electron chi connectivity index (χ0n) is 11.3. The minimum atomic E-state index is -1.20. The van der Waals surface area contributed by atoms with Gasteiger partial charge in [0.05, 0.1) is 24.7 Å². The molecule has 4 nitrogen and oxygen atoms in total. The van der Waals surface area contributed by atoms with Crippen LogP contribution in [0.25, 0.3) is 0 Å². The minimum absolute atomic E-state index is 0.0294. The highest BCUT2D eigenvalue weighted by Crippen LogP contribution is 2.21. The average Bonchev–Trinajstić information content (AvgIpc) is 2.13. The first kappa shape index (κ1) is 16.1. The van der Waals surface area contributed by atoms with Crippen molar-refractivity contribution in [2.45, 2.75) is 52.2 Å². The van der Waals surface area contributed by atoms with Gasteiger partial charge in [-0.15, -0.1) is 6.58 Å². The summed E-state index contributed by atoms with van der Waals surface area (Å²) in [6.07, 6.45) is 1.98. The molecule has 2 atom stereocenters. The van der Waals surface area contributed by atoms with Crippen molar-refractivity contribution in [3.63, 3.8) is 0 Å². The molecule has 0 aliphatic rings. The molecule has 100 valence electrons. The van der Waals surface area contributed by atoms with Crippen molar-refractivity contribution in [2.75, 3.05) is 6.61 Å². The van der Waals surface area contributed by atoms with E-state index in [0.717, 1.165) is 0 Å². The maximum Gasteiger partial charge on any atom is 0.223 e. The summed E-state index contributed by atoms with van der Waals surface area (Å²) in [5, 5.41) is 21.6. The maximum atomic E-state index is 11.6. The van der Waals surface area contributed by atoms with Gasteiger partial charge in [0.25, 0.3) is 0 Å². The fourth-order valence-electron chi connectivity index (χ4n) is 1.58. The van der Waals surface area contributed by atoms with E-state index in [2.05, 4.69) is 11.9 Å². The fourth-order valence-corrected chi connectivity index (χ4v) is 1.58. The van der Waals surface area contributed by atoms with Crippen molar-refractivity contribution >= 4 is 5.91 Å². The van der Waals surface area contributed by atoms with Crippen molar-refractivity contribution < 1.29 is 15.0 Å². The summed E-state index contributed by atoms with van der Waals surface area (Å²) in [5.41, 5.74) is -1.17. The number of aliphatic hydroxyl groups excluding tert-OH is 1. The zero-order valence-corrected chi connectivity index (χ0v) is 11.3. The SMILES string of the molecule is C=C[C@](C)(O)CC(=O)N[C@@H](CO)CC(C)(C)C. The molecule has 0 aliphatic carbocycles. The van der Waals surface area contributed by atoms with Gasteiger partial charge in [-0.2, -0.15) is 0 Å². The quantitative estimate of drug-likeness (QED) is 0.614. The van der Waals surface area contributed by atoms with E-state index in [9.17, 15) is 15.0 Å². The van der Waals surface area contributed by atoms with Gasteiger partial charge in [0.15, 0.2) is 0 Å². The molecule has 1 amide bonds. The number of nitrogens with one attached hydrogen (secondary N) is 1. The number of hydrogen-bond acceptors (Lipinski definition) is 3. The molecular formula is C13H25NO3. The van der Waals surface area contributed by atoms with Crippen LogP contribution < -0.4 is 5.32 Å². The first-order chi connectivity index (χ1) is 7.59. The first-order valence-corrected chi connectivity index (χ1v) is 5.86. The van der Waals surface area contributed by atoms with Crippen LogP contribution in [0, 0.1) is 5.41 Å². The summed E-state index contributed by atoms with van der Waals surface area (Å²) in [6, 6.07) is -0.275. The van der Waals surface area contributed by atoms with Gasteiger partial charge in [-0.25, -0.2) is 0 Å². The summed E-state index contributed by atoms with van der Waals surface area (Å²) in [6.45, 7) is 11.0. The van der Waals surface area contributed by atoms with Crippen molar-refractivity contribution in [3.05, 3.63) is 12.7 Å². The van der Waals surface area contributed by atoms with Gasteiger partial charge in [0.2, 0.25) is 5.91 Å². The molecule has 0 radical (unpaired) electrons. The van der Waals surface area contributed by atoms with Gasteiger partial charge in [-0.3, -0.25) is 4.79 Å². The Morgan fingerprint density at radius 2 is 1.94 bits per heavy atom. The van der Waals surface area contributed by atoms with Crippen molar-refractivity contribution in [1.82, 2.24) is 5.32 Å². The maximum absolute atomic E-state index is 11.6. The number of hydrogen-bond donors (Lipinski definition) is 3. The lowest BCUT2D eigenvalue weighted by Gasteiger charge is -2.26. The number of aliphatic hydroxyl groups is 2. The molecule has 3 N–H and O–H groups in total. The highest BCUT2D eigenvalue weighted by Gasteiger charge is 2.24. The van der Waals surface area contributed by atoms with Crippen LogP contribution in [-0.4, -0.2) is 34.4 Å². The van der Waals surface area contributed by atoms with Gasteiger partial charge in [0, 0.05) is 0 Å². The Labute approximate surface area is 104 Å². The lowest BCUT2D eigenvalue weighted by Crippen LogP contribution is -2.42. The molecule has 0 fully saturated rings. The van der Waals surface area contributed by atoms with E-state index in [1.165, 1.54) is 13.0 Å². The lowest BCUT2D eigenvalue weighted by molar-refractivity contribution is -0.125. The van der Waals surface area contributed by atoms with Crippen LogP contribution in [-0.2, 0) is 4.79 Å². The molecular weight excluding hydrogens is 218 g/mol. The molecule has 0 unspecified atom stereocenters. The monoisotopic (exact) mass is 243 g/mol. The third-order valence-corrected chi connectivity index (χ3v) is 2.40. The smallest absolute Gasteiger partial charge is 0.223 e. The minimum Gasteiger partial charge on any atom is -0.394 e. The number of carbonyl (C=O) groups is 1. The van der Waals surface area contributed by atoms with E-state index < -0.39 is 5.60 Å². The van der Waals surface area contributed by atoms with E-state index in [4.69, 9.17) is 0 Å². The Morgan fingerprint density at radius 1 is 1.41 bits per heavy atom. The third-order valence-electron chi connectivity index (χ3n) is 2.40. The second-order valence-corrected chi connectivity index (χ2v) is 5.95. The van der Waals surface area contributed by atoms with Gasteiger partial charge in [-0.05, 0) is 18.8 Å². The summed E-state index contributed by atoms with van der Waals surface area (Å²) >= 11 is 0. The molecule has 0 spiro atoms. The Balaban J connectivity index is 4.30. The van der Waals surface area contributed by atoms with Crippen LogP contribution in [0.5, 0.6) is 0 Å². The highest BCUT2D eigenvalue weighted by atomic mass is 16.3. The Bertz CT molecular complexity index is 266. The van der Waals surface area contributed by atoms with Crippen LogP contribution in [0.3, 0.4) is 0 Å². The molecule has 17 heavy (non-hydrogen) atoms. The molecule has 0 aromatic heterocycles. The zero-order chi connectivity index (χ0) is 13.7. The first-order valence-electron chi connectivity index (χ1n) is 5.86. The molecule has 0 saturated heterocycles. The van der Waals surface area contributed by atoms with Crippen LogP contribution in [0.4, 0.5) is 0 Å². The molecule has 0 heterocycles. The van der Waals surface area contributed by atoms with E-state index in [1.54, 1.807) is 0 Å². The number of carbonyl (C=O) groups excluding carboxylic acids is 1. The standard InChI is InChI=1S/C13H25NO3/c1-6-13(5,17)8-11(16)14-10(9-15)7-12(2,3)4/h6,10,15,17H,1,7-9H2,2-5H3,(H,14,16)/t10-,13+/m1/s1. The summed E-state index contributed by atoms with van der Waals surface area (Å²) < 4.78 is 0. The molecule has 0 aromatic carbocycles. The van der Waals surface area contributed by atoms with Gasteiger partial charge in [0.1, 0.15) is 0 Å². The Hall–Kier alpha value is -0.870. The second-order valence-electron chi connectivity index (χ2n) is 5.95. The summed E-state index contributed by atoms with van der Waals surface area (Å²) in [4.78, 5) is 11.6. The normalized spacial score (nSPS) is 17.1. The molecule has 0 aromatic rings. The lowest BCUT2D eigenvalue weighted by atomic mass is 9.88. The van der Waals surface area contributed by atoms with Crippen molar-refractivity contribution in [3.8, 4) is 0 Å². The molecule has 0 aliphatic heterocycles. The van der Waals surface area contributed by atoms with Crippen LogP contribution in [0.1, 0.15) is 40.5 Å². The topological polar surface area (TPSA) is 69.6 Å². The van der Waals surface area contributed by atoms with Crippen molar-refractivity contribution in [2.24, 2.45) is 5.41 Å². The van der Waals surface area contributed by atoms with E-state index >= 15 is 0 Å². The molecule has 0 bridgehead atoms. The van der Waals surface area contributed by atoms with Crippen LogP contribution in [0.15, 0.2) is 12.7 Å². The predicted molar refractivity (Wildman–Crippen MR) is 68.5 cm³/mol. The summed E-state index contributed by atoms with van der Waals surface area (Å²) in [5.74, 6) is -0.279. The van der Waals surface area contributed by atoms with Gasteiger partial charge >= 0.3 is 0 Å². The number of amides is 1. The predicted octanol–water partition coefficient (Wildman–Crippen LogP) is 1.23. The van der Waals surface area contributed by atoms with Gasteiger partial charge in [-0.1, -0.05) is 26.8 Å². The fraction of sp³-hybridized carbons (Fsp3) is 0.769. The Morgan fingerprint density at radius 3 is 2.29 bits per heavy atom. The third kappa shape index (κ3) is 7.94. The molecule has 0 saturated carbocycles. The highest BCUT2D eigenvalue weighted by molar-refractivity contribution is 5.77. The number of rotatable bonds is 6. The van der Waals surface area contributed by atoms with Gasteiger partial charge < -0.3 is 15.5 Å². The Kier molecular flexibility index (Phi) is 5.85. The van der Waals surface area contributed by atoms with Crippen LogP contribution >= 0.6 is 0 Å². The summed E-state index contributed by atoms with van der Waals surface area (Å²) in [7, 11) is 0. The molecule has 4 heteroatoms. The second kappa shape index (κ2) is 6.17. The average molecular weight is 243 g/mol. The van der Waals surface area contributed by atoms with E-state index in [0.29, 0.717) is 6.42 Å². The van der Waals surface area contributed by atoms with Crippen LogP contribution in [0.2, 0.25) is 0 Å².